The van der Waals surface area contributed by atoms with Crippen LogP contribution in [0.25, 0.3) is 0 Å². The van der Waals surface area contributed by atoms with E-state index in [1.807, 2.05) is 0 Å². The van der Waals surface area contributed by atoms with Crippen LogP contribution in [0.5, 0.6) is 0 Å². The van der Waals surface area contributed by atoms with Gasteiger partial charge in [0.2, 0.25) is 11.5 Å². The molecule has 5 N–H and O–H groups in total. The van der Waals surface area contributed by atoms with Gasteiger partial charge in [0.1, 0.15) is 23.7 Å². The summed E-state index contributed by atoms with van der Waals surface area (Å²) in [7, 11) is 1.28. The van der Waals surface area contributed by atoms with Gasteiger partial charge in [0.15, 0.2) is 5.13 Å². The van der Waals surface area contributed by atoms with Gasteiger partial charge in [-0.25, -0.2) is 9.59 Å². The number of aliphatic carboxylic acids is 1. The van der Waals surface area contributed by atoms with E-state index in [9.17, 15) is 29.1 Å². The predicted molar refractivity (Wildman–Crippen MR) is 113 cm³/mol. The lowest BCUT2D eigenvalue weighted by atomic mass is 10.0. The maximum absolute atomic E-state index is 12.8. The fourth-order valence-electron chi connectivity index (χ4n) is 2.84. The molecular weight excluding hydrogens is 482 g/mol. The highest BCUT2D eigenvalue weighted by molar-refractivity contribution is 8.00. The maximum Gasteiger partial charge on any atom is 0.433 e. The van der Waals surface area contributed by atoms with E-state index in [1.54, 1.807) is 0 Å². The Labute approximate surface area is 193 Å². The number of esters is 1. The van der Waals surface area contributed by atoms with E-state index in [2.05, 4.69) is 30.0 Å². The van der Waals surface area contributed by atoms with E-state index in [0.29, 0.717) is 0 Å². The van der Waals surface area contributed by atoms with Crippen LogP contribution in [-0.4, -0.2) is 85.7 Å². The number of carbonyl (C=O) groups is 5. The third-order valence-electron chi connectivity index (χ3n) is 4.28. The van der Waals surface area contributed by atoms with Crippen molar-refractivity contribution in [1.82, 2.24) is 24.9 Å². The van der Waals surface area contributed by atoms with Crippen LogP contribution in [0.2, 0.25) is 0 Å². The molecule has 15 nitrogen and oxygen atoms in total. The first-order valence-corrected chi connectivity index (χ1v) is 10.9. The highest BCUT2D eigenvalue weighted by Crippen LogP contribution is 2.40. The molecule has 2 aliphatic heterocycles. The van der Waals surface area contributed by atoms with Crippen LogP contribution in [0.4, 0.5) is 9.93 Å². The van der Waals surface area contributed by atoms with Gasteiger partial charge < -0.3 is 26.2 Å². The van der Waals surface area contributed by atoms with E-state index in [4.69, 9.17) is 10.5 Å². The van der Waals surface area contributed by atoms with Gasteiger partial charge in [-0.15, -0.1) is 11.8 Å². The number of ether oxygens (including phenoxy) is 1. The van der Waals surface area contributed by atoms with Crippen molar-refractivity contribution in [3.63, 3.8) is 0 Å². The summed E-state index contributed by atoms with van der Waals surface area (Å²) in [5.74, 6) is -3.68. The Morgan fingerprint density at radius 1 is 1.36 bits per heavy atom. The zero-order chi connectivity index (χ0) is 24.3. The first kappa shape index (κ1) is 23.9. The van der Waals surface area contributed by atoms with E-state index < -0.39 is 47.0 Å². The van der Waals surface area contributed by atoms with Gasteiger partial charge in [0.25, 0.3) is 11.8 Å². The smallest absolute Gasteiger partial charge is 0.433 e. The monoisotopic (exact) mass is 499 g/mol. The summed E-state index contributed by atoms with van der Waals surface area (Å²) >= 11 is 1.95. The van der Waals surface area contributed by atoms with Gasteiger partial charge in [-0.1, -0.05) is 5.16 Å². The Bertz CT molecular complexity index is 1080. The van der Waals surface area contributed by atoms with E-state index in [0.717, 1.165) is 16.4 Å². The van der Waals surface area contributed by atoms with Gasteiger partial charge in [-0.05, 0) is 0 Å². The first-order chi connectivity index (χ1) is 15.6. The number of thioether (sulfide) groups is 1. The summed E-state index contributed by atoms with van der Waals surface area (Å²) in [6.07, 6.45) is -0.964. The van der Waals surface area contributed by atoms with Crippen molar-refractivity contribution >= 4 is 64.0 Å². The van der Waals surface area contributed by atoms with Crippen LogP contribution in [-0.2, 0) is 28.8 Å². The number of rotatable bonds is 7. The summed E-state index contributed by atoms with van der Waals surface area (Å²) in [5, 5.41) is 16.9. The average Bonchev–Trinajstić information content (AvgIpc) is 3.20. The number of hydrogen-bond acceptors (Lipinski definition) is 13. The number of nitrogens with two attached hydrogens (primary N) is 1. The van der Waals surface area contributed by atoms with Gasteiger partial charge in [0.05, 0.1) is 0 Å². The summed E-state index contributed by atoms with van der Waals surface area (Å²) in [6, 6.07) is -1.10. The molecule has 3 heterocycles. The molecule has 0 unspecified atom stereocenters. The highest BCUT2D eigenvalue weighted by Gasteiger charge is 2.54. The van der Waals surface area contributed by atoms with Crippen LogP contribution in [0.3, 0.4) is 0 Å². The quantitative estimate of drug-likeness (QED) is 0.111. The molecule has 17 heteroatoms. The summed E-state index contributed by atoms with van der Waals surface area (Å²) in [5.41, 5.74) is 4.96. The molecule has 0 spiro atoms. The van der Waals surface area contributed by atoms with Crippen LogP contribution >= 0.6 is 23.3 Å². The minimum atomic E-state index is -1.37. The number of nitrogen functional groups attached to an aromatic ring is 1. The molecule has 1 aromatic heterocycles. The number of β-lactam (4-membered cyclic amide) rings is 1. The zero-order valence-electron chi connectivity index (χ0n) is 17.1. The molecule has 3 rings (SSSR count). The second-order valence-electron chi connectivity index (χ2n) is 6.42. The van der Waals surface area contributed by atoms with Crippen molar-refractivity contribution in [2.75, 3.05) is 25.1 Å². The predicted octanol–water partition coefficient (Wildman–Crippen LogP) is -1.52. The van der Waals surface area contributed by atoms with E-state index in [1.165, 1.54) is 25.7 Å². The lowest BCUT2D eigenvalue weighted by molar-refractivity contribution is -0.150. The molecule has 0 aromatic carbocycles. The van der Waals surface area contributed by atoms with Crippen molar-refractivity contribution < 1.29 is 38.7 Å². The molecule has 1 saturated heterocycles. The third-order valence-corrected chi connectivity index (χ3v) is 6.16. The van der Waals surface area contributed by atoms with Crippen molar-refractivity contribution in [2.24, 2.45) is 5.16 Å². The topological polar surface area (TPSA) is 216 Å². The molecule has 0 saturated carbocycles. The molecule has 1 fully saturated rings. The lowest BCUT2D eigenvalue weighted by Gasteiger charge is -2.49. The summed E-state index contributed by atoms with van der Waals surface area (Å²) < 4.78 is 8.71. The van der Waals surface area contributed by atoms with Crippen molar-refractivity contribution in [3.05, 3.63) is 17.1 Å². The number of anilines is 1. The SMILES string of the molecule is CNC(=O)O/N=C(/C(=O)N[C@@H]1C(=O)N2C(C(=O)O)=C(COC(C)=O)CS[C@H]12)c1nsc(N)n1. The number of carboxylic acids is 1. The zero-order valence-corrected chi connectivity index (χ0v) is 18.7. The van der Waals surface area contributed by atoms with Crippen LogP contribution in [0.1, 0.15) is 12.7 Å². The number of oxime groups is 1. The third kappa shape index (κ3) is 5.03. The van der Waals surface area contributed by atoms with Crippen molar-refractivity contribution in [2.45, 2.75) is 18.3 Å². The lowest BCUT2D eigenvalue weighted by Crippen LogP contribution is -2.71. The normalized spacial score (nSPS) is 19.9. The molecule has 0 aliphatic carbocycles. The number of nitrogens with zero attached hydrogens (tertiary/aromatic N) is 4. The Hall–Kier alpha value is -3.73. The molecule has 33 heavy (non-hydrogen) atoms. The van der Waals surface area contributed by atoms with Gasteiger partial charge in [-0.3, -0.25) is 24.1 Å². The Kier molecular flexibility index (Phi) is 7.12. The van der Waals surface area contributed by atoms with Gasteiger partial charge >= 0.3 is 18.0 Å². The van der Waals surface area contributed by atoms with E-state index in [-0.39, 0.29) is 34.6 Å². The van der Waals surface area contributed by atoms with Gasteiger partial charge in [0, 0.05) is 36.8 Å². The number of nitrogens with one attached hydrogen (secondary N) is 2. The molecule has 2 aliphatic rings. The molecular formula is C16H17N7O8S2. The fourth-order valence-corrected chi connectivity index (χ4v) is 4.60. The largest absolute Gasteiger partial charge is 0.477 e. The number of aromatic nitrogens is 2. The van der Waals surface area contributed by atoms with Crippen LogP contribution in [0, 0.1) is 0 Å². The van der Waals surface area contributed by atoms with Crippen LogP contribution < -0.4 is 16.4 Å². The molecule has 1 aromatic rings. The number of amides is 3. The second-order valence-corrected chi connectivity index (χ2v) is 8.31. The van der Waals surface area contributed by atoms with Crippen molar-refractivity contribution in [3.8, 4) is 0 Å². The number of hydrogen-bond donors (Lipinski definition) is 4. The molecule has 3 amide bonds. The summed E-state index contributed by atoms with van der Waals surface area (Å²) in [6.45, 7) is 0.903. The minimum Gasteiger partial charge on any atom is -0.477 e. The number of fused-ring (bicyclic) bond motifs is 1. The molecule has 0 radical (unpaired) electrons. The standard InChI is InChI=1S/C16H17N7O8S2/c1-5(24)30-3-6-4-32-13-8(12(26)23(13)9(6)14(27)28)19-11(25)7(21-31-16(29)18-2)10-20-15(17)33-22-10/h8,13H,3-4H2,1-2H3,(H,18,29)(H,19,25)(H,27,28)(H2,17,20,22)/b21-7+/t8-,13-/m1/s1. The van der Waals surface area contributed by atoms with Crippen LogP contribution in [0.15, 0.2) is 16.4 Å². The highest BCUT2D eigenvalue weighted by atomic mass is 32.2. The Balaban J connectivity index is 1.79. The van der Waals surface area contributed by atoms with Crippen molar-refractivity contribution in [1.29, 1.82) is 0 Å². The fraction of sp³-hybridized carbons (Fsp3) is 0.375. The summed E-state index contributed by atoms with van der Waals surface area (Å²) in [4.78, 5) is 69.1. The minimum absolute atomic E-state index is 0.0238. The van der Waals surface area contributed by atoms with E-state index >= 15 is 0 Å². The average molecular weight is 499 g/mol. The molecule has 0 bridgehead atoms. The number of carbonyl (C=O) groups excluding carboxylic acids is 4. The number of carboxylic acid groups (broad SMARTS) is 1. The molecule has 176 valence electrons. The first-order valence-electron chi connectivity index (χ1n) is 9.04. The Morgan fingerprint density at radius 2 is 2.09 bits per heavy atom. The Morgan fingerprint density at radius 3 is 2.67 bits per heavy atom. The van der Waals surface area contributed by atoms with Gasteiger partial charge in [-0.2, -0.15) is 9.36 Å². The maximum atomic E-state index is 12.8. The molecule has 2 atom stereocenters. The second kappa shape index (κ2) is 9.82.